The van der Waals surface area contributed by atoms with Crippen LogP contribution in [0.3, 0.4) is 0 Å². The first-order valence-corrected chi connectivity index (χ1v) is 29.8. The second kappa shape index (κ2) is 28.6. The SMILES string of the molecule is CC(=O)CCC(=O)O[C@H]1[C@H](OCc2ccccc2)[C@@H](OC(=O)c2ccccc2)[C@H](O[C@H]2[C@H](OCc3ccccc3)[C@@H](N=[N+]=[N-])[C@H](Sc3ccc(C)cc3)O[C@@H]2COC(C)=O)O[C@@H]1CO[Si](c1ccccc1)(c1ccccc1)C(C)(C)C. The molecule has 2 aliphatic rings. The summed E-state index contributed by atoms with van der Waals surface area (Å²) in [5, 5.41) is 5.72. The fourth-order valence-corrected chi connectivity index (χ4v) is 15.8. The molecule has 2 saturated heterocycles. The number of benzene rings is 6. The van der Waals surface area contributed by atoms with E-state index in [9.17, 15) is 24.7 Å². The van der Waals surface area contributed by atoms with Gasteiger partial charge < -0.3 is 47.1 Å². The molecule has 6 aromatic rings. The summed E-state index contributed by atoms with van der Waals surface area (Å²) in [7, 11) is -3.40. The van der Waals surface area contributed by atoms with Crippen LogP contribution in [0, 0.1) is 6.92 Å². The lowest BCUT2D eigenvalue weighted by atomic mass is 9.95. The van der Waals surface area contributed by atoms with Gasteiger partial charge in [0.2, 0.25) is 0 Å². The molecule has 0 radical (unpaired) electrons. The molecule has 10 atom stereocenters. The highest BCUT2D eigenvalue weighted by Crippen LogP contribution is 2.42. The van der Waals surface area contributed by atoms with Crippen LogP contribution >= 0.6 is 11.8 Å². The maximum Gasteiger partial charge on any atom is 0.338 e. The van der Waals surface area contributed by atoms with Crippen molar-refractivity contribution < 1.29 is 61.5 Å². The van der Waals surface area contributed by atoms with Crippen LogP contribution in [0.4, 0.5) is 0 Å². The molecule has 0 spiro atoms. The van der Waals surface area contributed by atoms with Crippen LogP contribution in [0.15, 0.2) is 186 Å². The number of nitrogens with zero attached hydrogens (tertiary/aromatic N) is 3. The molecule has 0 N–H and O–H groups in total. The molecule has 16 nitrogen and oxygen atoms in total. The number of thioether (sulfide) groups is 1. The van der Waals surface area contributed by atoms with Crippen LogP contribution in [0.1, 0.15) is 74.5 Å². The Morgan fingerprint density at radius 2 is 1.15 bits per heavy atom. The molecule has 18 heteroatoms. The van der Waals surface area contributed by atoms with Crippen molar-refractivity contribution >= 4 is 54.1 Å². The van der Waals surface area contributed by atoms with Crippen molar-refractivity contribution in [1.82, 2.24) is 0 Å². The summed E-state index contributed by atoms with van der Waals surface area (Å²) >= 11 is 1.30. The summed E-state index contributed by atoms with van der Waals surface area (Å²) in [4.78, 5) is 58.2. The zero-order chi connectivity index (χ0) is 57.4. The lowest BCUT2D eigenvalue weighted by Gasteiger charge is -2.50. The van der Waals surface area contributed by atoms with E-state index in [-0.39, 0.29) is 50.6 Å². The predicted molar refractivity (Wildman–Crippen MR) is 308 cm³/mol. The van der Waals surface area contributed by atoms with Crippen LogP contribution in [0.25, 0.3) is 10.4 Å². The molecule has 81 heavy (non-hydrogen) atoms. The van der Waals surface area contributed by atoms with Gasteiger partial charge in [-0.05, 0) is 70.2 Å². The van der Waals surface area contributed by atoms with E-state index in [0.29, 0.717) is 0 Å². The molecule has 0 saturated carbocycles. The number of Topliss-reactive ketones (excluding diaryl/α,β-unsaturated/α-hetero) is 1. The standard InChI is InChI=1S/C63H69N3O13SSi/c1-42-32-35-48(36-33-42)80-62-54(65-66-64)57(72-38-45-22-12-7-13-23-45)55(51(76-62)40-71-44(3)68)79-61-59(78-60(70)47-26-16-9-17-27-47)58(73-39-46-24-14-8-15-25-46)56(77-53(69)37-34-43(2)67)52(75-61)41-74-81(63(4,5)6,49-28-18-10-19-29-49)50-30-20-11-21-31-50/h7-33,35-36,51-52,54-59,61-62H,34,37-41H2,1-6H3/t51-,52-,54-,55-,56-,57-,58+,59-,61+,62+/m1/s1. The number of ether oxygens (including phenoxy) is 8. The highest BCUT2D eigenvalue weighted by molar-refractivity contribution is 7.99. The number of hydrogen-bond donors (Lipinski definition) is 0. The fraction of sp³-hybridized carbons (Fsp3) is 0.365. The van der Waals surface area contributed by atoms with Gasteiger partial charge in [-0.15, -0.1) is 0 Å². The van der Waals surface area contributed by atoms with E-state index < -0.39 is 91.8 Å². The molecule has 0 aromatic heterocycles. The van der Waals surface area contributed by atoms with E-state index in [2.05, 4.69) is 55.1 Å². The smallest absolute Gasteiger partial charge is 0.338 e. The van der Waals surface area contributed by atoms with Crippen molar-refractivity contribution in [3.05, 3.63) is 209 Å². The second-order valence-electron chi connectivity index (χ2n) is 21.0. The first kappa shape index (κ1) is 60.1. The third kappa shape index (κ3) is 15.7. The molecule has 2 heterocycles. The Morgan fingerprint density at radius 1 is 0.617 bits per heavy atom. The van der Waals surface area contributed by atoms with E-state index in [1.54, 1.807) is 30.3 Å². The van der Waals surface area contributed by atoms with Gasteiger partial charge in [0.05, 0.1) is 37.9 Å². The molecule has 0 aliphatic carbocycles. The van der Waals surface area contributed by atoms with Gasteiger partial charge in [0.15, 0.2) is 18.5 Å². The Balaban J connectivity index is 1.30. The van der Waals surface area contributed by atoms with Crippen molar-refractivity contribution in [2.45, 2.75) is 138 Å². The number of carbonyl (C=O) groups is 4. The minimum absolute atomic E-state index is 0.0129. The van der Waals surface area contributed by atoms with Crippen LogP contribution in [0.5, 0.6) is 0 Å². The number of rotatable bonds is 24. The second-order valence-corrected chi connectivity index (χ2v) is 26.5. The average Bonchev–Trinajstić information content (AvgIpc) is 3.66. The lowest BCUT2D eigenvalue weighted by molar-refractivity contribution is -0.339. The van der Waals surface area contributed by atoms with Gasteiger partial charge in [0, 0.05) is 23.2 Å². The van der Waals surface area contributed by atoms with Crippen LogP contribution < -0.4 is 10.4 Å². The highest BCUT2D eigenvalue weighted by Gasteiger charge is 2.57. The fourth-order valence-electron chi connectivity index (χ4n) is 10.1. The van der Waals surface area contributed by atoms with E-state index in [1.165, 1.54) is 25.6 Å². The number of carbonyl (C=O) groups excluding carboxylic acids is 4. The summed E-state index contributed by atoms with van der Waals surface area (Å²) in [5.74, 6) is -2.35. The van der Waals surface area contributed by atoms with Gasteiger partial charge in [0.25, 0.3) is 8.32 Å². The third-order valence-electron chi connectivity index (χ3n) is 14.1. The Labute approximate surface area is 478 Å². The van der Waals surface area contributed by atoms with Gasteiger partial charge in [-0.2, -0.15) is 0 Å². The summed E-state index contributed by atoms with van der Waals surface area (Å²) < 4.78 is 61.5. The highest BCUT2D eigenvalue weighted by atomic mass is 32.2. The van der Waals surface area contributed by atoms with E-state index in [1.807, 2.05) is 128 Å². The Kier molecular flexibility index (Phi) is 21.3. The maximum atomic E-state index is 14.7. The molecule has 2 aliphatic heterocycles. The minimum atomic E-state index is -3.40. The van der Waals surface area contributed by atoms with Gasteiger partial charge >= 0.3 is 17.9 Å². The normalized spacial score (nSPS) is 22.8. The van der Waals surface area contributed by atoms with Crippen LogP contribution in [-0.2, 0) is 69.9 Å². The van der Waals surface area contributed by atoms with Crippen molar-refractivity contribution in [3.63, 3.8) is 0 Å². The van der Waals surface area contributed by atoms with Crippen molar-refractivity contribution in [2.24, 2.45) is 5.11 Å². The number of azide groups is 1. The van der Waals surface area contributed by atoms with E-state index >= 15 is 0 Å². The number of hydrogen-bond acceptors (Lipinski definition) is 15. The molecule has 2 fully saturated rings. The maximum absolute atomic E-state index is 14.7. The summed E-state index contributed by atoms with van der Waals surface area (Å²) in [6.07, 6.45) is -11.2. The number of aryl methyl sites for hydroxylation is 1. The zero-order valence-corrected chi connectivity index (χ0v) is 48.1. The summed E-state index contributed by atoms with van der Waals surface area (Å²) in [5.41, 5.74) is 12.2. The quantitative estimate of drug-likeness (QED) is 0.0138. The molecule has 0 bridgehead atoms. The minimum Gasteiger partial charge on any atom is -0.463 e. The Bertz CT molecular complexity index is 2990. The molecule has 6 aromatic carbocycles. The Hall–Kier alpha value is -6.96. The van der Waals surface area contributed by atoms with Crippen molar-refractivity contribution in [3.8, 4) is 0 Å². The van der Waals surface area contributed by atoms with Crippen molar-refractivity contribution in [1.29, 1.82) is 0 Å². The van der Waals surface area contributed by atoms with Crippen LogP contribution in [-0.4, -0.2) is 106 Å². The predicted octanol–water partition coefficient (Wildman–Crippen LogP) is 10.4. The van der Waals surface area contributed by atoms with Gasteiger partial charge in [-0.25, -0.2) is 4.79 Å². The molecule has 424 valence electrons. The molecular weight excluding hydrogens is 1070 g/mol. The zero-order valence-electron chi connectivity index (χ0n) is 46.3. The summed E-state index contributed by atoms with van der Waals surface area (Å²) in [6.45, 7) is 10.4. The number of ketones is 1. The lowest BCUT2D eigenvalue weighted by Crippen LogP contribution is -2.69. The first-order chi connectivity index (χ1) is 39.1. The van der Waals surface area contributed by atoms with Crippen molar-refractivity contribution in [2.75, 3.05) is 13.2 Å². The Morgan fingerprint density at radius 3 is 1.68 bits per heavy atom. The van der Waals surface area contributed by atoms with Gasteiger partial charge in [0.1, 0.15) is 48.3 Å². The largest absolute Gasteiger partial charge is 0.463 e. The molecular formula is C63H69N3O13SSi. The van der Waals surface area contributed by atoms with E-state index in [0.717, 1.165) is 32.0 Å². The average molecular weight is 1140 g/mol. The van der Waals surface area contributed by atoms with Gasteiger partial charge in [-0.3, -0.25) is 9.59 Å². The molecule has 8 rings (SSSR count). The molecule has 0 unspecified atom stereocenters. The third-order valence-corrected chi connectivity index (χ3v) is 20.2. The summed E-state index contributed by atoms with van der Waals surface area (Å²) in [6, 6.07) is 53.7. The monoisotopic (exact) mass is 1140 g/mol. The first-order valence-electron chi connectivity index (χ1n) is 27.0. The van der Waals surface area contributed by atoms with Crippen LogP contribution in [0.2, 0.25) is 5.04 Å². The molecule has 0 amide bonds. The topological polar surface area (TPSA) is 200 Å². The number of esters is 3. The van der Waals surface area contributed by atoms with E-state index in [4.69, 9.17) is 42.3 Å². The van der Waals surface area contributed by atoms with Gasteiger partial charge in [-0.1, -0.05) is 195 Å².